The van der Waals surface area contributed by atoms with Crippen LogP contribution in [0, 0.1) is 38.7 Å². The summed E-state index contributed by atoms with van der Waals surface area (Å²) in [6.07, 6.45) is 5.05. The molecule has 46 heavy (non-hydrogen) atoms. The molecule has 0 aromatic heterocycles. The van der Waals surface area contributed by atoms with E-state index in [0.717, 1.165) is 12.8 Å². The Labute approximate surface area is 272 Å². The molecule has 0 radical (unpaired) electrons. The van der Waals surface area contributed by atoms with Gasteiger partial charge in [-0.25, -0.2) is 14.9 Å². The van der Waals surface area contributed by atoms with Crippen LogP contribution in [0.2, 0.25) is 0 Å². The lowest BCUT2D eigenvalue weighted by atomic mass is 9.43. The summed E-state index contributed by atoms with van der Waals surface area (Å²) in [6.45, 7) is 13.3. The van der Waals surface area contributed by atoms with E-state index in [0.29, 0.717) is 50.5 Å². The van der Waals surface area contributed by atoms with Gasteiger partial charge >= 0.3 is 19.1 Å². The molecular weight excluding hydrogens is 597 g/mol. The standard InChI is InChI=1S/C30H54BN7O8/c1-7-44-25(39)13-9-8-10-15-37(28(33)41)21(12-11-14-34-27(32)36-38(42)43)26(40)35-24(16-19(2)3)31-45-23-18-20-17-22(29(20,4)5)30(23,6)46-31/h19-24H,7-18H2,1-6H3,(H2,33,41)(H,35,40)(H3,32,34,36)/t20-,21-,22-,23+,24-,30-/m0/s1. The monoisotopic (exact) mass is 651 g/mol. The topological polar surface area (TPSA) is 211 Å². The van der Waals surface area contributed by atoms with Crippen molar-refractivity contribution in [2.24, 2.45) is 28.9 Å². The number of hydrogen-bond donors (Lipinski definition) is 5. The van der Waals surface area contributed by atoms with Crippen LogP contribution in [-0.2, 0) is 23.6 Å². The largest absolute Gasteiger partial charge is 0.481 e. The number of esters is 1. The number of nitrogens with one attached hydrogen (secondary N) is 4. The fourth-order valence-electron chi connectivity index (χ4n) is 7.55. The number of nitro groups is 1. The maximum atomic E-state index is 14.0. The van der Waals surface area contributed by atoms with Crippen LogP contribution in [-0.4, -0.2) is 84.3 Å². The van der Waals surface area contributed by atoms with E-state index < -0.39 is 47.6 Å². The number of primary amides is 1. The van der Waals surface area contributed by atoms with Gasteiger partial charge in [0.2, 0.25) is 5.91 Å². The third-order valence-electron chi connectivity index (χ3n) is 10.1. The first-order valence-electron chi connectivity index (χ1n) is 16.7. The molecule has 4 aliphatic rings. The van der Waals surface area contributed by atoms with Crippen molar-refractivity contribution in [1.82, 2.24) is 21.0 Å². The van der Waals surface area contributed by atoms with E-state index in [9.17, 15) is 24.5 Å². The SMILES string of the molecule is CCOC(=O)CCCCCN(C(N)=O)[C@@H](CCCNC(=N)N[N+](=O)[O-])C(=O)N[C@@H](CC(C)C)B1O[C@@H]2C[C@@H]3C[C@@H](C3(C)C)[C@]2(C)O1. The van der Waals surface area contributed by atoms with Crippen molar-refractivity contribution in [1.29, 1.82) is 5.41 Å². The summed E-state index contributed by atoms with van der Waals surface area (Å²) in [5.41, 5.74) is 7.27. The molecule has 260 valence electrons. The van der Waals surface area contributed by atoms with Crippen molar-refractivity contribution < 1.29 is 33.5 Å². The molecule has 15 nitrogen and oxygen atoms in total. The van der Waals surface area contributed by atoms with Gasteiger partial charge in [0.1, 0.15) is 6.04 Å². The van der Waals surface area contributed by atoms with Crippen LogP contribution in [0.1, 0.15) is 99.3 Å². The van der Waals surface area contributed by atoms with Crippen molar-refractivity contribution >= 4 is 31.0 Å². The molecule has 3 aliphatic carbocycles. The van der Waals surface area contributed by atoms with Gasteiger partial charge in [-0.2, -0.15) is 0 Å². The van der Waals surface area contributed by atoms with Gasteiger partial charge in [-0.1, -0.05) is 39.5 Å². The van der Waals surface area contributed by atoms with Gasteiger partial charge in [-0.15, -0.1) is 0 Å². The smallest absolute Gasteiger partial charge is 0.466 e. The predicted molar refractivity (Wildman–Crippen MR) is 172 cm³/mol. The Kier molecular flexibility index (Phi) is 13.1. The van der Waals surface area contributed by atoms with Crippen LogP contribution in [0.3, 0.4) is 0 Å². The number of unbranched alkanes of at least 4 members (excludes halogenated alkanes) is 2. The van der Waals surface area contributed by atoms with E-state index in [1.165, 1.54) is 4.90 Å². The number of amides is 3. The van der Waals surface area contributed by atoms with E-state index in [-0.39, 0.29) is 49.3 Å². The minimum atomic E-state index is -0.942. The fraction of sp³-hybridized carbons (Fsp3) is 0.867. The van der Waals surface area contributed by atoms with E-state index in [2.05, 4.69) is 45.3 Å². The molecule has 0 aromatic carbocycles. The molecule has 4 fully saturated rings. The van der Waals surface area contributed by atoms with Gasteiger partial charge in [0.15, 0.2) is 5.03 Å². The van der Waals surface area contributed by atoms with Gasteiger partial charge in [-0.3, -0.25) is 15.0 Å². The summed E-state index contributed by atoms with van der Waals surface area (Å²) in [5.74, 6) is -0.466. The Hall–Kier alpha value is -3.14. The molecule has 3 saturated carbocycles. The molecule has 3 amide bonds. The van der Waals surface area contributed by atoms with E-state index in [4.69, 9.17) is 25.2 Å². The van der Waals surface area contributed by atoms with Gasteiger partial charge in [-0.05, 0) is 82.0 Å². The van der Waals surface area contributed by atoms with E-state index >= 15 is 0 Å². The van der Waals surface area contributed by atoms with Crippen molar-refractivity contribution in [2.45, 2.75) is 123 Å². The molecule has 1 saturated heterocycles. The first-order chi connectivity index (χ1) is 21.6. The minimum Gasteiger partial charge on any atom is -0.466 e. The van der Waals surface area contributed by atoms with Crippen LogP contribution in [0.15, 0.2) is 0 Å². The van der Waals surface area contributed by atoms with Crippen LogP contribution < -0.4 is 21.8 Å². The number of nitrogens with two attached hydrogens (primary N) is 1. The van der Waals surface area contributed by atoms with Crippen molar-refractivity contribution in [3.8, 4) is 0 Å². The van der Waals surface area contributed by atoms with Crippen molar-refractivity contribution in [2.75, 3.05) is 19.7 Å². The highest BCUT2D eigenvalue weighted by Crippen LogP contribution is 2.65. The first-order valence-corrected chi connectivity index (χ1v) is 16.7. The molecule has 2 bridgehead atoms. The van der Waals surface area contributed by atoms with E-state index in [1.54, 1.807) is 12.3 Å². The van der Waals surface area contributed by atoms with Crippen LogP contribution in [0.5, 0.6) is 0 Å². The normalized spacial score (nSPS) is 25.5. The lowest BCUT2D eigenvalue weighted by Gasteiger charge is -2.64. The van der Waals surface area contributed by atoms with Crippen molar-refractivity contribution in [3.63, 3.8) is 0 Å². The second kappa shape index (κ2) is 16.1. The number of hydrazine groups is 1. The molecule has 6 N–H and O–H groups in total. The van der Waals surface area contributed by atoms with Crippen LogP contribution in [0.4, 0.5) is 4.79 Å². The number of urea groups is 1. The zero-order valence-corrected chi connectivity index (χ0v) is 28.3. The third-order valence-corrected chi connectivity index (χ3v) is 10.1. The third kappa shape index (κ3) is 9.23. The van der Waals surface area contributed by atoms with Gasteiger partial charge in [0.25, 0.3) is 5.96 Å². The summed E-state index contributed by atoms with van der Waals surface area (Å²) in [7, 11) is -0.641. The summed E-state index contributed by atoms with van der Waals surface area (Å²) >= 11 is 0. The summed E-state index contributed by atoms with van der Waals surface area (Å²) in [5, 5.41) is 23.1. The Balaban J connectivity index is 1.71. The molecule has 1 heterocycles. The molecule has 4 rings (SSSR count). The molecule has 0 aromatic rings. The second-order valence-electron chi connectivity index (χ2n) is 14.1. The molecule has 0 unspecified atom stereocenters. The summed E-state index contributed by atoms with van der Waals surface area (Å²) < 4.78 is 18.2. The number of carbonyl (C=O) groups is 3. The number of rotatable bonds is 18. The fourth-order valence-corrected chi connectivity index (χ4v) is 7.55. The average Bonchev–Trinajstić information content (AvgIpc) is 3.31. The van der Waals surface area contributed by atoms with Crippen LogP contribution in [0.25, 0.3) is 0 Å². The summed E-state index contributed by atoms with van der Waals surface area (Å²) in [4.78, 5) is 50.4. The maximum absolute atomic E-state index is 14.0. The molecule has 1 aliphatic heterocycles. The Morgan fingerprint density at radius 2 is 1.89 bits per heavy atom. The molecule has 16 heteroatoms. The number of guanidine groups is 1. The number of ether oxygens (including phenoxy) is 1. The highest BCUT2D eigenvalue weighted by Gasteiger charge is 2.68. The Morgan fingerprint density at radius 3 is 2.50 bits per heavy atom. The zero-order valence-electron chi connectivity index (χ0n) is 28.3. The summed E-state index contributed by atoms with van der Waals surface area (Å²) in [6, 6.07) is -1.70. The quantitative estimate of drug-likeness (QED) is 0.0278. The van der Waals surface area contributed by atoms with Crippen molar-refractivity contribution in [3.05, 3.63) is 10.1 Å². The molecule has 6 atom stereocenters. The first kappa shape index (κ1) is 37.3. The van der Waals surface area contributed by atoms with Gasteiger partial charge in [0, 0.05) is 19.5 Å². The minimum absolute atomic E-state index is 0.0532. The van der Waals surface area contributed by atoms with Gasteiger partial charge < -0.3 is 35.3 Å². The molecular formula is C30H54BN7O8. The maximum Gasteiger partial charge on any atom is 0.481 e. The van der Waals surface area contributed by atoms with Gasteiger partial charge in [0.05, 0.1) is 24.3 Å². The number of carbonyl (C=O) groups excluding carboxylic acids is 3. The highest BCUT2D eigenvalue weighted by molar-refractivity contribution is 6.48. The lowest BCUT2D eigenvalue weighted by molar-refractivity contribution is -0.525. The van der Waals surface area contributed by atoms with E-state index in [1.807, 2.05) is 0 Å². The predicted octanol–water partition coefficient (Wildman–Crippen LogP) is 2.74. The zero-order chi connectivity index (χ0) is 34.2. The Bertz CT molecular complexity index is 1110. The molecule has 0 spiro atoms. The second-order valence-corrected chi connectivity index (χ2v) is 14.1. The average molecular weight is 652 g/mol. The van der Waals surface area contributed by atoms with Crippen LogP contribution >= 0.6 is 0 Å². The highest BCUT2D eigenvalue weighted by atomic mass is 16.7. The number of nitrogens with zero attached hydrogens (tertiary/aromatic N) is 2. The lowest BCUT2D eigenvalue weighted by Crippen LogP contribution is -2.65. The number of hydrogen-bond acceptors (Lipinski definition) is 9. The Morgan fingerprint density at radius 1 is 1.17 bits per heavy atom.